The number of ketones is 1. The summed E-state index contributed by atoms with van der Waals surface area (Å²) >= 11 is 1.07. The van der Waals surface area contributed by atoms with E-state index in [1.54, 1.807) is 34.9 Å². The highest BCUT2D eigenvalue weighted by molar-refractivity contribution is 7.99. The number of hydrogen-bond acceptors (Lipinski definition) is 6. The Kier molecular flexibility index (Phi) is 6.04. The Balaban J connectivity index is 2.00. The first kappa shape index (κ1) is 20.2. The van der Waals surface area contributed by atoms with Crippen LogP contribution in [0.25, 0.3) is 17.1 Å². The number of carbonyl (C=O) groups is 1. The molecule has 0 amide bonds. The molecule has 0 atom stereocenters. The zero-order valence-corrected chi connectivity index (χ0v) is 16.1. The molecule has 9 heteroatoms. The Morgan fingerprint density at radius 1 is 1.10 bits per heavy atom. The first-order valence-corrected chi connectivity index (χ1v) is 9.39. The molecule has 0 fully saturated rings. The van der Waals surface area contributed by atoms with E-state index in [4.69, 9.17) is 11.0 Å². The van der Waals surface area contributed by atoms with Crippen molar-refractivity contribution in [2.75, 3.05) is 5.75 Å². The Hall–Kier alpha value is -3.51. The molecule has 1 heterocycles. The molecule has 3 rings (SSSR count). The van der Waals surface area contributed by atoms with Gasteiger partial charge in [-0.2, -0.15) is 5.26 Å². The van der Waals surface area contributed by atoms with Crippen LogP contribution in [0.1, 0.15) is 6.92 Å². The van der Waals surface area contributed by atoms with E-state index in [1.807, 2.05) is 0 Å². The number of nitrogens with zero attached hydrogens (tertiary/aromatic N) is 4. The average Bonchev–Trinajstić information content (AvgIpc) is 3.11. The van der Waals surface area contributed by atoms with E-state index < -0.39 is 17.4 Å². The third-order valence-corrected chi connectivity index (χ3v) is 4.87. The lowest BCUT2D eigenvalue weighted by atomic mass is 10.2. The van der Waals surface area contributed by atoms with Crippen molar-refractivity contribution in [2.45, 2.75) is 12.1 Å². The molecule has 0 radical (unpaired) electrons. The van der Waals surface area contributed by atoms with Crippen LogP contribution in [-0.4, -0.2) is 26.3 Å². The van der Waals surface area contributed by atoms with Gasteiger partial charge in [-0.3, -0.25) is 9.36 Å². The maximum absolute atomic E-state index is 13.4. The summed E-state index contributed by atoms with van der Waals surface area (Å²) in [5.74, 6) is -0.918. The van der Waals surface area contributed by atoms with Crippen molar-refractivity contribution in [3.8, 4) is 23.1 Å². The van der Waals surface area contributed by atoms with E-state index in [9.17, 15) is 13.6 Å². The predicted octanol–water partition coefficient (Wildman–Crippen LogP) is 3.63. The molecule has 0 unspecified atom stereocenters. The highest BCUT2D eigenvalue weighted by Gasteiger charge is 2.19. The number of aromatic nitrogens is 3. The van der Waals surface area contributed by atoms with Crippen LogP contribution >= 0.6 is 11.8 Å². The second-order valence-electron chi connectivity index (χ2n) is 6.01. The van der Waals surface area contributed by atoms with Gasteiger partial charge in [0.05, 0.1) is 5.75 Å². The summed E-state index contributed by atoms with van der Waals surface area (Å²) in [5.41, 5.74) is 6.77. The molecular formula is C20H15F2N5OS. The van der Waals surface area contributed by atoms with E-state index in [-0.39, 0.29) is 17.0 Å². The third kappa shape index (κ3) is 4.50. The lowest BCUT2D eigenvalue weighted by molar-refractivity contribution is -0.112. The molecule has 0 aliphatic carbocycles. The molecule has 29 heavy (non-hydrogen) atoms. The number of Topliss-reactive ketones (excluding diaryl/α,β-unsaturated/α-hetero) is 1. The van der Waals surface area contributed by atoms with E-state index in [0.29, 0.717) is 22.2 Å². The fraction of sp³-hybridized carbons (Fsp3) is 0.100. The summed E-state index contributed by atoms with van der Waals surface area (Å²) in [7, 11) is 0. The minimum absolute atomic E-state index is 0.0832. The Morgan fingerprint density at radius 2 is 1.69 bits per heavy atom. The van der Waals surface area contributed by atoms with Crippen molar-refractivity contribution in [2.24, 2.45) is 5.73 Å². The van der Waals surface area contributed by atoms with Crippen molar-refractivity contribution < 1.29 is 13.6 Å². The number of allylic oxidation sites excluding steroid dienone is 2. The number of rotatable bonds is 6. The van der Waals surface area contributed by atoms with Gasteiger partial charge in [0.15, 0.2) is 16.8 Å². The smallest absolute Gasteiger partial charge is 0.196 e. The molecule has 1 aromatic heterocycles. The van der Waals surface area contributed by atoms with Gasteiger partial charge < -0.3 is 5.73 Å². The summed E-state index contributed by atoms with van der Waals surface area (Å²) in [4.78, 5) is 12.3. The summed E-state index contributed by atoms with van der Waals surface area (Å²) in [5, 5.41) is 17.7. The van der Waals surface area contributed by atoms with Crippen molar-refractivity contribution >= 4 is 17.5 Å². The fourth-order valence-electron chi connectivity index (χ4n) is 2.54. The standard InChI is InChI=1S/C20H15F2N5OS/c1-12(24)17(10-23)18(28)11-29-20-26-25-19(13-2-4-14(21)5-3-13)27(20)16-8-6-15(22)7-9-16/h2-9H,11,24H2,1H3. The predicted molar refractivity (Wildman–Crippen MR) is 105 cm³/mol. The zero-order chi connectivity index (χ0) is 21.0. The average molecular weight is 411 g/mol. The van der Waals surface area contributed by atoms with Crippen LogP contribution in [0, 0.1) is 23.0 Å². The van der Waals surface area contributed by atoms with Crippen LogP contribution in [0.2, 0.25) is 0 Å². The number of carbonyl (C=O) groups excluding carboxylic acids is 1. The first-order valence-electron chi connectivity index (χ1n) is 8.40. The quantitative estimate of drug-likeness (QED) is 0.378. The van der Waals surface area contributed by atoms with Gasteiger partial charge in [0.25, 0.3) is 0 Å². The number of thioether (sulfide) groups is 1. The molecule has 0 saturated heterocycles. The van der Waals surface area contributed by atoms with Crippen LogP contribution < -0.4 is 5.73 Å². The number of halogens is 2. The van der Waals surface area contributed by atoms with Gasteiger partial charge in [-0.1, -0.05) is 11.8 Å². The molecule has 0 aliphatic heterocycles. The van der Waals surface area contributed by atoms with Crippen molar-refractivity contribution in [3.63, 3.8) is 0 Å². The third-order valence-electron chi connectivity index (χ3n) is 3.94. The van der Waals surface area contributed by atoms with E-state index in [2.05, 4.69) is 10.2 Å². The van der Waals surface area contributed by atoms with E-state index >= 15 is 0 Å². The van der Waals surface area contributed by atoms with E-state index in [1.165, 1.54) is 31.2 Å². The second kappa shape index (κ2) is 8.67. The van der Waals surface area contributed by atoms with Crippen LogP contribution in [0.5, 0.6) is 0 Å². The Morgan fingerprint density at radius 3 is 2.24 bits per heavy atom. The molecule has 0 saturated carbocycles. The molecule has 2 N–H and O–H groups in total. The van der Waals surface area contributed by atoms with Gasteiger partial charge in [0, 0.05) is 16.9 Å². The summed E-state index contributed by atoms with van der Waals surface area (Å²) < 4.78 is 28.3. The lowest BCUT2D eigenvalue weighted by Crippen LogP contribution is -2.11. The number of benzene rings is 2. The Bertz CT molecular complexity index is 1110. The second-order valence-corrected chi connectivity index (χ2v) is 6.95. The SMILES string of the molecule is CC(N)=C(C#N)C(=O)CSc1nnc(-c2ccc(F)cc2)n1-c1ccc(F)cc1. The zero-order valence-electron chi connectivity index (χ0n) is 15.3. The normalized spacial score (nSPS) is 11.7. The summed E-state index contributed by atoms with van der Waals surface area (Å²) in [6.07, 6.45) is 0. The molecule has 2 aromatic carbocycles. The molecular weight excluding hydrogens is 396 g/mol. The minimum Gasteiger partial charge on any atom is -0.401 e. The fourth-order valence-corrected chi connectivity index (χ4v) is 3.37. The topological polar surface area (TPSA) is 97.6 Å². The summed E-state index contributed by atoms with van der Waals surface area (Å²) in [6.45, 7) is 1.48. The van der Waals surface area contributed by atoms with E-state index in [0.717, 1.165) is 11.8 Å². The summed E-state index contributed by atoms with van der Waals surface area (Å²) in [6, 6.07) is 13.2. The number of nitrogens with two attached hydrogens (primary N) is 1. The monoisotopic (exact) mass is 411 g/mol. The number of hydrogen-bond donors (Lipinski definition) is 1. The van der Waals surface area contributed by atoms with Gasteiger partial charge in [0.2, 0.25) is 0 Å². The maximum atomic E-state index is 13.4. The van der Waals surface area contributed by atoms with Gasteiger partial charge in [-0.15, -0.1) is 10.2 Å². The molecule has 146 valence electrons. The van der Waals surface area contributed by atoms with Gasteiger partial charge in [-0.05, 0) is 55.5 Å². The van der Waals surface area contributed by atoms with Gasteiger partial charge in [-0.25, -0.2) is 8.78 Å². The van der Waals surface area contributed by atoms with Gasteiger partial charge in [0.1, 0.15) is 23.3 Å². The van der Waals surface area contributed by atoms with Crippen molar-refractivity contribution in [1.82, 2.24) is 14.8 Å². The molecule has 6 nitrogen and oxygen atoms in total. The molecule has 0 spiro atoms. The molecule has 0 aliphatic rings. The highest BCUT2D eigenvalue weighted by Crippen LogP contribution is 2.28. The Labute approximate surface area is 169 Å². The largest absolute Gasteiger partial charge is 0.401 e. The van der Waals surface area contributed by atoms with Crippen LogP contribution in [0.15, 0.2) is 65.0 Å². The minimum atomic E-state index is -0.436. The van der Waals surface area contributed by atoms with Crippen molar-refractivity contribution in [3.05, 3.63) is 71.4 Å². The highest BCUT2D eigenvalue weighted by atomic mass is 32.2. The van der Waals surface area contributed by atoms with Gasteiger partial charge >= 0.3 is 0 Å². The molecule has 3 aromatic rings. The maximum Gasteiger partial charge on any atom is 0.196 e. The van der Waals surface area contributed by atoms with Crippen LogP contribution in [0.3, 0.4) is 0 Å². The first-order chi connectivity index (χ1) is 13.9. The lowest BCUT2D eigenvalue weighted by Gasteiger charge is -2.10. The van der Waals surface area contributed by atoms with Crippen molar-refractivity contribution in [1.29, 1.82) is 5.26 Å². The molecule has 0 bridgehead atoms. The van der Waals surface area contributed by atoms with Crippen LogP contribution in [0.4, 0.5) is 8.78 Å². The van der Waals surface area contributed by atoms with Crippen LogP contribution in [-0.2, 0) is 4.79 Å². The number of nitriles is 1.